The molecule has 0 radical (unpaired) electrons. The predicted molar refractivity (Wildman–Crippen MR) is 70.4 cm³/mol. The van der Waals surface area contributed by atoms with Crippen molar-refractivity contribution in [2.24, 2.45) is 0 Å². The van der Waals surface area contributed by atoms with Crippen LogP contribution in [0.15, 0.2) is 0 Å². The average Bonchev–Trinajstić information content (AvgIpc) is 2.58. The largest absolute Gasteiger partial charge is 0.388 e. The highest BCUT2D eigenvalue weighted by molar-refractivity contribution is 5.84. The van der Waals surface area contributed by atoms with Gasteiger partial charge in [0, 0.05) is 39.3 Å². The minimum absolute atomic E-state index is 0.0942. The zero-order valence-corrected chi connectivity index (χ0v) is 11.9. The van der Waals surface area contributed by atoms with Gasteiger partial charge in [0.2, 0.25) is 5.91 Å². The second-order valence-corrected chi connectivity index (χ2v) is 5.66. The van der Waals surface area contributed by atoms with Crippen molar-refractivity contribution < 1.29 is 14.6 Å². The van der Waals surface area contributed by atoms with E-state index in [1.807, 2.05) is 13.8 Å². The van der Waals surface area contributed by atoms with Crippen molar-refractivity contribution >= 4 is 5.91 Å². The summed E-state index contributed by atoms with van der Waals surface area (Å²) in [5, 5.41) is 13.5. The molecule has 0 aliphatic carbocycles. The summed E-state index contributed by atoms with van der Waals surface area (Å²) in [5.74, 6) is 0.0985. The van der Waals surface area contributed by atoms with E-state index < -0.39 is 5.60 Å². The van der Waals surface area contributed by atoms with E-state index in [0.29, 0.717) is 32.2 Å². The van der Waals surface area contributed by atoms with E-state index in [9.17, 15) is 9.90 Å². The van der Waals surface area contributed by atoms with Gasteiger partial charge >= 0.3 is 0 Å². The molecule has 1 aliphatic rings. The maximum atomic E-state index is 12.1. The summed E-state index contributed by atoms with van der Waals surface area (Å²) in [6.07, 6.45) is 1.35. The first-order valence-corrected chi connectivity index (χ1v) is 6.62. The highest BCUT2D eigenvalue weighted by Crippen LogP contribution is 2.18. The lowest BCUT2D eigenvalue weighted by atomic mass is 10.0. The Morgan fingerprint density at radius 3 is 2.83 bits per heavy atom. The molecular formula is C13H26N2O3. The first kappa shape index (κ1) is 15.4. The standard InChI is InChI=1S/C13H26N2O3/c1-10(2)14-11-5-7-15(12(11)16)9-13(3,17)6-8-18-4/h10-11,14,17H,5-9H2,1-4H3. The number of nitrogens with one attached hydrogen (secondary N) is 1. The summed E-state index contributed by atoms with van der Waals surface area (Å²) in [4.78, 5) is 13.9. The lowest BCUT2D eigenvalue weighted by Crippen LogP contribution is -2.46. The number of aliphatic hydroxyl groups is 1. The molecular weight excluding hydrogens is 232 g/mol. The van der Waals surface area contributed by atoms with Gasteiger partial charge in [0.1, 0.15) is 0 Å². The Morgan fingerprint density at radius 2 is 2.28 bits per heavy atom. The Morgan fingerprint density at radius 1 is 1.61 bits per heavy atom. The number of rotatable bonds is 7. The Bertz CT molecular complexity index is 279. The summed E-state index contributed by atoms with van der Waals surface area (Å²) in [5.41, 5.74) is -0.877. The molecule has 1 aliphatic heterocycles. The number of ether oxygens (including phenoxy) is 1. The first-order chi connectivity index (χ1) is 8.35. The van der Waals surface area contributed by atoms with E-state index in [1.165, 1.54) is 0 Å². The topological polar surface area (TPSA) is 61.8 Å². The fourth-order valence-electron chi connectivity index (χ4n) is 2.27. The molecule has 2 unspecified atom stereocenters. The Hall–Kier alpha value is -0.650. The molecule has 1 amide bonds. The van der Waals surface area contributed by atoms with Gasteiger partial charge in [-0.2, -0.15) is 0 Å². The van der Waals surface area contributed by atoms with Crippen LogP contribution < -0.4 is 5.32 Å². The minimum atomic E-state index is -0.877. The third-order valence-electron chi connectivity index (χ3n) is 3.21. The molecule has 0 aromatic heterocycles. The third kappa shape index (κ3) is 4.55. The lowest BCUT2D eigenvalue weighted by Gasteiger charge is -2.29. The highest BCUT2D eigenvalue weighted by atomic mass is 16.5. The number of methoxy groups -OCH3 is 1. The molecule has 18 heavy (non-hydrogen) atoms. The summed E-state index contributed by atoms with van der Waals surface area (Å²) >= 11 is 0. The monoisotopic (exact) mass is 258 g/mol. The highest BCUT2D eigenvalue weighted by Gasteiger charge is 2.35. The number of hydrogen-bond donors (Lipinski definition) is 2. The molecule has 0 spiro atoms. The van der Waals surface area contributed by atoms with Crippen LogP contribution in [-0.4, -0.2) is 60.4 Å². The predicted octanol–water partition coefficient (Wildman–Crippen LogP) is 0.373. The molecule has 1 saturated heterocycles. The molecule has 5 nitrogen and oxygen atoms in total. The van der Waals surface area contributed by atoms with Crippen molar-refractivity contribution in [2.75, 3.05) is 26.8 Å². The second-order valence-electron chi connectivity index (χ2n) is 5.66. The van der Waals surface area contributed by atoms with E-state index in [4.69, 9.17) is 4.74 Å². The van der Waals surface area contributed by atoms with Crippen LogP contribution in [0.2, 0.25) is 0 Å². The molecule has 0 aromatic carbocycles. The molecule has 5 heteroatoms. The number of likely N-dealkylation sites (tertiary alicyclic amines) is 1. The van der Waals surface area contributed by atoms with Crippen LogP contribution in [0.3, 0.4) is 0 Å². The van der Waals surface area contributed by atoms with Gasteiger partial charge in [0.25, 0.3) is 0 Å². The van der Waals surface area contributed by atoms with Crippen molar-refractivity contribution in [1.29, 1.82) is 0 Å². The number of β-amino-alcohol motifs (C(OH)–C–C–N with tert-alkyl or cyclic N) is 1. The summed E-state index contributed by atoms with van der Waals surface area (Å²) in [6, 6.07) is 0.205. The summed E-state index contributed by atoms with van der Waals surface area (Å²) in [7, 11) is 1.61. The maximum Gasteiger partial charge on any atom is 0.239 e. The van der Waals surface area contributed by atoms with Gasteiger partial charge < -0.3 is 20.1 Å². The minimum Gasteiger partial charge on any atom is -0.388 e. The smallest absolute Gasteiger partial charge is 0.239 e. The van der Waals surface area contributed by atoms with Crippen LogP contribution in [-0.2, 0) is 9.53 Å². The van der Waals surface area contributed by atoms with Crippen LogP contribution >= 0.6 is 0 Å². The van der Waals surface area contributed by atoms with Crippen LogP contribution in [0.5, 0.6) is 0 Å². The van der Waals surface area contributed by atoms with E-state index in [2.05, 4.69) is 5.32 Å². The van der Waals surface area contributed by atoms with Gasteiger partial charge in [0.05, 0.1) is 11.6 Å². The first-order valence-electron chi connectivity index (χ1n) is 6.62. The van der Waals surface area contributed by atoms with Crippen molar-refractivity contribution in [3.63, 3.8) is 0 Å². The van der Waals surface area contributed by atoms with Gasteiger partial charge in [0.15, 0.2) is 0 Å². The quantitative estimate of drug-likeness (QED) is 0.693. The molecule has 1 heterocycles. The van der Waals surface area contributed by atoms with Crippen molar-refractivity contribution in [3.05, 3.63) is 0 Å². The van der Waals surface area contributed by atoms with Crippen LogP contribution in [0.4, 0.5) is 0 Å². The average molecular weight is 258 g/mol. The Kier molecular flexibility index (Phi) is 5.56. The van der Waals surface area contributed by atoms with Crippen molar-refractivity contribution in [1.82, 2.24) is 10.2 Å². The van der Waals surface area contributed by atoms with Gasteiger partial charge in [-0.3, -0.25) is 4.79 Å². The van der Waals surface area contributed by atoms with Gasteiger partial charge in [-0.15, -0.1) is 0 Å². The number of carbonyl (C=O) groups is 1. The van der Waals surface area contributed by atoms with Gasteiger partial charge in [-0.1, -0.05) is 13.8 Å². The van der Waals surface area contributed by atoms with Crippen LogP contribution in [0, 0.1) is 0 Å². The van der Waals surface area contributed by atoms with Crippen molar-refractivity contribution in [3.8, 4) is 0 Å². The van der Waals surface area contributed by atoms with Crippen LogP contribution in [0.25, 0.3) is 0 Å². The Labute approximate surface area is 109 Å². The Balaban J connectivity index is 2.47. The van der Waals surface area contributed by atoms with E-state index in [1.54, 1.807) is 18.9 Å². The van der Waals surface area contributed by atoms with Crippen LogP contribution in [0.1, 0.15) is 33.6 Å². The summed E-state index contributed by atoms with van der Waals surface area (Å²) in [6.45, 7) is 7.42. The fraction of sp³-hybridized carbons (Fsp3) is 0.923. The van der Waals surface area contributed by atoms with Gasteiger partial charge in [-0.25, -0.2) is 0 Å². The molecule has 0 saturated carbocycles. The molecule has 1 fully saturated rings. The van der Waals surface area contributed by atoms with Crippen molar-refractivity contribution in [2.45, 2.75) is 51.3 Å². The van der Waals surface area contributed by atoms with E-state index in [-0.39, 0.29) is 11.9 Å². The summed E-state index contributed by atoms with van der Waals surface area (Å²) < 4.78 is 4.97. The second kappa shape index (κ2) is 6.50. The number of nitrogens with zero attached hydrogens (tertiary/aromatic N) is 1. The SMILES string of the molecule is COCCC(C)(O)CN1CCC(NC(C)C)C1=O. The van der Waals surface area contributed by atoms with E-state index in [0.717, 1.165) is 6.42 Å². The molecule has 1 rings (SSSR count). The third-order valence-corrected chi connectivity index (χ3v) is 3.21. The number of carbonyl (C=O) groups excluding carboxylic acids is 1. The van der Waals surface area contributed by atoms with Gasteiger partial charge in [-0.05, 0) is 13.3 Å². The fourth-order valence-corrected chi connectivity index (χ4v) is 2.27. The molecule has 2 atom stereocenters. The maximum absolute atomic E-state index is 12.1. The number of amides is 1. The lowest BCUT2D eigenvalue weighted by molar-refractivity contribution is -0.132. The normalized spacial score (nSPS) is 23.8. The molecule has 0 aromatic rings. The molecule has 106 valence electrons. The zero-order chi connectivity index (χ0) is 13.8. The van der Waals surface area contributed by atoms with E-state index >= 15 is 0 Å². The molecule has 0 bridgehead atoms. The molecule has 2 N–H and O–H groups in total. The zero-order valence-electron chi connectivity index (χ0n) is 11.9. The number of hydrogen-bond acceptors (Lipinski definition) is 4.